The van der Waals surface area contributed by atoms with Gasteiger partial charge in [-0.15, -0.1) is 11.3 Å². The van der Waals surface area contributed by atoms with Crippen LogP contribution in [0.2, 0.25) is 0 Å². The fraction of sp³-hybridized carbons (Fsp3) is 0.421. The smallest absolute Gasteiger partial charge is 0.251 e. The Labute approximate surface area is 161 Å². The molecule has 1 aromatic carbocycles. The van der Waals surface area contributed by atoms with E-state index in [1.165, 1.54) is 17.4 Å². The highest BCUT2D eigenvalue weighted by Gasteiger charge is 2.24. The third-order valence-corrected chi connectivity index (χ3v) is 5.26. The number of aryl methyl sites for hydroxylation is 1. The molecule has 2 heterocycles. The maximum absolute atomic E-state index is 14.5. The average Bonchev–Trinajstić information content (AvgIpc) is 2.92. The van der Waals surface area contributed by atoms with E-state index >= 15 is 0 Å². The molecule has 142 valence electrons. The second-order valence-corrected chi connectivity index (χ2v) is 7.27. The summed E-state index contributed by atoms with van der Waals surface area (Å²) in [4.78, 5) is 16.7. The number of nitrogens with one attached hydrogen (secondary N) is 2. The molecule has 2 N–H and O–H groups in total. The number of thiazole rings is 1. The summed E-state index contributed by atoms with van der Waals surface area (Å²) in [5, 5.41) is 17.8. The number of rotatable bonds is 5. The Bertz CT molecular complexity index is 840. The molecule has 6 nitrogen and oxygen atoms in total. The first-order valence-corrected chi connectivity index (χ1v) is 9.68. The minimum Gasteiger partial charge on any atom is -0.367 e. The van der Waals surface area contributed by atoms with E-state index < -0.39 is 18.0 Å². The van der Waals surface area contributed by atoms with Crippen LogP contribution in [-0.4, -0.2) is 42.7 Å². The van der Waals surface area contributed by atoms with Gasteiger partial charge < -0.3 is 15.4 Å². The molecule has 1 aliphatic rings. The second kappa shape index (κ2) is 9.04. The van der Waals surface area contributed by atoms with Gasteiger partial charge in [0.2, 0.25) is 0 Å². The Morgan fingerprint density at radius 2 is 2.44 bits per heavy atom. The van der Waals surface area contributed by atoms with Gasteiger partial charge in [-0.1, -0.05) is 12.1 Å². The zero-order chi connectivity index (χ0) is 19.2. The van der Waals surface area contributed by atoms with Gasteiger partial charge in [-0.05, 0) is 31.5 Å². The van der Waals surface area contributed by atoms with Crippen LogP contribution in [0, 0.1) is 24.1 Å². The highest BCUT2D eigenvalue weighted by atomic mass is 32.1. The van der Waals surface area contributed by atoms with Gasteiger partial charge in [0.05, 0.1) is 6.07 Å². The Kier molecular flexibility index (Phi) is 6.50. The van der Waals surface area contributed by atoms with Crippen molar-refractivity contribution in [1.82, 2.24) is 15.6 Å². The van der Waals surface area contributed by atoms with E-state index in [9.17, 15) is 14.4 Å². The summed E-state index contributed by atoms with van der Waals surface area (Å²) in [5.74, 6) is -0.770. The zero-order valence-electron chi connectivity index (χ0n) is 15.0. The van der Waals surface area contributed by atoms with E-state index in [2.05, 4.69) is 15.6 Å². The summed E-state index contributed by atoms with van der Waals surface area (Å²) in [5.41, 5.74) is 1.96. The van der Waals surface area contributed by atoms with Gasteiger partial charge in [0.15, 0.2) is 0 Å². The molecule has 2 aromatic rings. The van der Waals surface area contributed by atoms with Crippen molar-refractivity contribution in [3.05, 3.63) is 40.7 Å². The molecule has 0 aliphatic carbocycles. The van der Waals surface area contributed by atoms with E-state index in [4.69, 9.17) is 4.74 Å². The van der Waals surface area contributed by atoms with Gasteiger partial charge in [-0.25, -0.2) is 9.37 Å². The third kappa shape index (κ3) is 5.10. The molecule has 1 aromatic heterocycles. The number of ether oxygens (including phenoxy) is 1. The molecule has 27 heavy (non-hydrogen) atoms. The number of carbonyl (C=O) groups is 1. The predicted octanol–water partition coefficient (Wildman–Crippen LogP) is 2.19. The molecule has 1 saturated heterocycles. The predicted molar refractivity (Wildman–Crippen MR) is 101 cm³/mol. The zero-order valence-corrected chi connectivity index (χ0v) is 15.8. The normalized spacial score (nSPS) is 18.3. The lowest BCUT2D eigenvalue weighted by molar-refractivity contribution is -0.132. The molecule has 1 aliphatic heterocycles. The maximum atomic E-state index is 14.5. The summed E-state index contributed by atoms with van der Waals surface area (Å²) < 4.78 is 20.0. The molecule has 3 rings (SSSR count). The SMILES string of the molecule is Cc1csc(-c2ccc(C[C@@H](C#N)NC(=O)C3CNCCCO3)c(F)c2)n1. The van der Waals surface area contributed by atoms with E-state index in [1.54, 1.807) is 12.1 Å². The number of hydrogen-bond acceptors (Lipinski definition) is 6. The van der Waals surface area contributed by atoms with Crippen molar-refractivity contribution in [2.24, 2.45) is 0 Å². The first-order chi connectivity index (χ1) is 13.1. The highest BCUT2D eigenvalue weighted by Crippen LogP contribution is 2.25. The molecule has 0 bridgehead atoms. The molecule has 0 saturated carbocycles. The standard InChI is InChI=1S/C19H21FN4O2S/c1-12-11-27-19(23-12)14-4-3-13(16(20)8-14)7-15(9-21)24-18(25)17-10-22-5-2-6-26-17/h3-4,8,11,15,17,22H,2,5-7,10H2,1H3,(H,24,25)/t15-,17?/m0/s1. The van der Waals surface area contributed by atoms with Crippen LogP contribution in [-0.2, 0) is 16.0 Å². The Hall–Kier alpha value is -2.34. The first-order valence-electron chi connectivity index (χ1n) is 8.80. The fourth-order valence-corrected chi connectivity index (χ4v) is 3.62. The van der Waals surface area contributed by atoms with Crippen molar-refractivity contribution in [1.29, 1.82) is 5.26 Å². The molecular formula is C19H21FN4O2S. The molecule has 1 unspecified atom stereocenters. The van der Waals surface area contributed by atoms with Gasteiger partial charge in [-0.3, -0.25) is 4.79 Å². The summed E-state index contributed by atoms with van der Waals surface area (Å²) in [6.07, 6.45) is 0.288. The largest absolute Gasteiger partial charge is 0.367 e. The van der Waals surface area contributed by atoms with Gasteiger partial charge in [0.25, 0.3) is 5.91 Å². The van der Waals surface area contributed by atoms with Gasteiger partial charge in [-0.2, -0.15) is 5.26 Å². The monoisotopic (exact) mass is 388 g/mol. The van der Waals surface area contributed by atoms with Crippen molar-refractivity contribution in [3.8, 4) is 16.6 Å². The van der Waals surface area contributed by atoms with Gasteiger partial charge >= 0.3 is 0 Å². The number of benzene rings is 1. The highest BCUT2D eigenvalue weighted by molar-refractivity contribution is 7.13. The Balaban J connectivity index is 1.65. The maximum Gasteiger partial charge on any atom is 0.251 e. The van der Waals surface area contributed by atoms with E-state index in [0.29, 0.717) is 24.3 Å². The summed E-state index contributed by atoms with van der Waals surface area (Å²) in [6, 6.07) is 6.04. The van der Waals surface area contributed by atoms with Crippen LogP contribution in [0.1, 0.15) is 17.7 Å². The lowest BCUT2D eigenvalue weighted by atomic mass is 10.0. The Morgan fingerprint density at radius 1 is 1.59 bits per heavy atom. The Morgan fingerprint density at radius 3 is 3.15 bits per heavy atom. The lowest BCUT2D eigenvalue weighted by Gasteiger charge is -2.18. The minimum absolute atomic E-state index is 0.0887. The quantitative estimate of drug-likeness (QED) is 0.820. The van der Waals surface area contributed by atoms with Crippen molar-refractivity contribution < 1.29 is 13.9 Å². The van der Waals surface area contributed by atoms with Gasteiger partial charge in [0, 0.05) is 36.2 Å². The topological polar surface area (TPSA) is 87.0 Å². The molecule has 2 atom stereocenters. The minimum atomic E-state index is -0.827. The van der Waals surface area contributed by atoms with E-state index in [0.717, 1.165) is 23.7 Å². The van der Waals surface area contributed by atoms with Crippen LogP contribution >= 0.6 is 11.3 Å². The lowest BCUT2D eigenvalue weighted by Crippen LogP contribution is -2.46. The van der Waals surface area contributed by atoms with Crippen molar-refractivity contribution >= 4 is 17.2 Å². The van der Waals surface area contributed by atoms with Crippen LogP contribution in [0.3, 0.4) is 0 Å². The fourth-order valence-electron chi connectivity index (χ4n) is 2.83. The average molecular weight is 388 g/mol. The van der Waals surface area contributed by atoms with Crippen LogP contribution in [0.4, 0.5) is 4.39 Å². The molecular weight excluding hydrogens is 367 g/mol. The summed E-state index contributed by atoms with van der Waals surface area (Å²) in [6.45, 7) is 3.58. The van der Waals surface area contributed by atoms with Crippen molar-refractivity contribution in [2.75, 3.05) is 19.7 Å². The molecule has 1 fully saturated rings. The van der Waals surface area contributed by atoms with Crippen LogP contribution in [0.15, 0.2) is 23.6 Å². The van der Waals surface area contributed by atoms with Crippen LogP contribution in [0.5, 0.6) is 0 Å². The van der Waals surface area contributed by atoms with Crippen molar-refractivity contribution in [2.45, 2.75) is 31.9 Å². The number of carbonyl (C=O) groups excluding carboxylic acids is 1. The second-order valence-electron chi connectivity index (χ2n) is 6.41. The van der Waals surface area contributed by atoms with Gasteiger partial charge in [0.1, 0.15) is 23.0 Å². The summed E-state index contributed by atoms with van der Waals surface area (Å²) in [7, 11) is 0. The number of nitrogens with zero attached hydrogens (tertiary/aromatic N) is 2. The van der Waals surface area contributed by atoms with Crippen molar-refractivity contribution in [3.63, 3.8) is 0 Å². The number of aromatic nitrogens is 1. The molecule has 0 spiro atoms. The summed E-state index contributed by atoms with van der Waals surface area (Å²) >= 11 is 1.45. The number of hydrogen-bond donors (Lipinski definition) is 2. The van der Waals surface area contributed by atoms with Crippen LogP contribution < -0.4 is 10.6 Å². The van der Waals surface area contributed by atoms with E-state index in [1.807, 2.05) is 18.4 Å². The number of halogens is 1. The third-order valence-electron chi connectivity index (χ3n) is 4.25. The van der Waals surface area contributed by atoms with Crippen LogP contribution in [0.25, 0.3) is 10.6 Å². The molecule has 1 amide bonds. The number of amides is 1. The van der Waals surface area contributed by atoms with E-state index in [-0.39, 0.29) is 12.3 Å². The first kappa shape index (κ1) is 19.4. The molecule has 8 heteroatoms. The molecule has 0 radical (unpaired) electrons. The number of nitriles is 1.